The van der Waals surface area contributed by atoms with E-state index < -0.39 is 17.5 Å². The van der Waals surface area contributed by atoms with E-state index in [1.807, 2.05) is 0 Å². The molecule has 1 amide bonds. The lowest BCUT2D eigenvalue weighted by molar-refractivity contribution is -0.133. The van der Waals surface area contributed by atoms with E-state index in [-0.39, 0.29) is 11.3 Å². The molecule has 0 aliphatic heterocycles. The number of carbonyl (C=O) groups is 2. The van der Waals surface area contributed by atoms with E-state index in [1.165, 1.54) is 13.2 Å². The summed E-state index contributed by atoms with van der Waals surface area (Å²) in [4.78, 5) is 23.0. The van der Waals surface area contributed by atoms with Gasteiger partial charge in [-0.25, -0.2) is 4.79 Å². The number of carboxylic acid groups (broad SMARTS) is 1. The van der Waals surface area contributed by atoms with Crippen LogP contribution in [0.25, 0.3) is 0 Å². The van der Waals surface area contributed by atoms with E-state index in [2.05, 4.69) is 5.32 Å². The third kappa shape index (κ3) is 3.07. The van der Waals surface area contributed by atoms with E-state index in [0.717, 1.165) is 5.56 Å². The normalized spacial score (nSPS) is 11.1. The first-order chi connectivity index (χ1) is 8.27. The SMILES string of the molecule is COC(C)(C)C(=O)Nc1ccc(C)cc1C(=O)O. The number of carboxylic acids is 1. The highest BCUT2D eigenvalue weighted by Gasteiger charge is 2.28. The van der Waals surface area contributed by atoms with Gasteiger partial charge in [-0.1, -0.05) is 11.6 Å². The first-order valence-corrected chi connectivity index (χ1v) is 5.48. The van der Waals surface area contributed by atoms with Crippen molar-refractivity contribution in [3.05, 3.63) is 29.3 Å². The maximum absolute atomic E-state index is 11.9. The summed E-state index contributed by atoms with van der Waals surface area (Å²) < 4.78 is 5.04. The summed E-state index contributed by atoms with van der Waals surface area (Å²) in [5.41, 5.74) is 0.135. The Morgan fingerprint density at radius 2 is 1.94 bits per heavy atom. The highest BCUT2D eigenvalue weighted by Crippen LogP contribution is 2.19. The Bertz CT molecular complexity index is 480. The Morgan fingerprint density at radius 3 is 2.44 bits per heavy atom. The summed E-state index contributed by atoms with van der Waals surface area (Å²) in [7, 11) is 1.42. The zero-order valence-electron chi connectivity index (χ0n) is 10.9. The second kappa shape index (κ2) is 5.18. The van der Waals surface area contributed by atoms with Gasteiger partial charge in [-0.15, -0.1) is 0 Å². The molecule has 5 nitrogen and oxygen atoms in total. The first kappa shape index (κ1) is 14.2. The fourth-order valence-electron chi connectivity index (χ4n) is 1.31. The number of anilines is 1. The lowest BCUT2D eigenvalue weighted by atomic mass is 10.1. The minimum absolute atomic E-state index is 0.0650. The maximum Gasteiger partial charge on any atom is 0.337 e. The van der Waals surface area contributed by atoms with Gasteiger partial charge in [0.15, 0.2) is 0 Å². The van der Waals surface area contributed by atoms with Crippen LogP contribution < -0.4 is 5.32 Å². The third-order valence-corrected chi connectivity index (χ3v) is 2.71. The van der Waals surface area contributed by atoms with Crippen molar-refractivity contribution in [3.8, 4) is 0 Å². The van der Waals surface area contributed by atoms with Crippen molar-refractivity contribution in [1.82, 2.24) is 0 Å². The van der Waals surface area contributed by atoms with E-state index in [9.17, 15) is 9.59 Å². The van der Waals surface area contributed by atoms with Gasteiger partial charge in [0.2, 0.25) is 0 Å². The molecule has 18 heavy (non-hydrogen) atoms. The fraction of sp³-hybridized carbons (Fsp3) is 0.385. The van der Waals surface area contributed by atoms with E-state index >= 15 is 0 Å². The highest BCUT2D eigenvalue weighted by atomic mass is 16.5. The van der Waals surface area contributed by atoms with Crippen molar-refractivity contribution in [2.45, 2.75) is 26.4 Å². The van der Waals surface area contributed by atoms with Crippen LogP contribution in [-0.2, 0) is 9.53 Å². The fourth-order valence-corrected chi connectivity index (χ4v) is 1.31. The topological polar surface area (TPSA) is 75.6 Å². The molecule has 1 rings (SSSR count). The third-order valence-electron chi connectivity index (χ3n) is 2.71. The van der Waals surface area contributed by atoms with Crippen molar-refractivity contribution in [2.75, 3.05) is 12.4 Å². The van der Waals surface area contributed by atoms with Gasteiger partial charge in [-0.3, -0.25) is 4.79 Å². The molecular formula is C13H17NO4. The molecule has 1 aromatic carbocycles. The lowest BCUT2D eigenvalue weighted by Crippen LogP contribution is -2.39. The van der Waals surface area contributed by atoms with Gasteiger partial charge < -0.3 is 15.2 Å². The number of carbonyl (C=O) groups excluding carboxylic acids is 1. The van der Waals surface area contributed by atoms with Gasteiger partial charge in [0.1, 0.15) is 5.60 Å². The van der Waals surface area contributed by atoms with E-state index in [4.69, 9.17) is 9.84 Å². The first-order valence-electron chi connectivity index (χ1n) is 5.48. The zero-order chi connectivity index (χ0) is 13.9. The van der Waals surface area contributed by atoms with E-state index in [0.29, 0.717) is 0 Å². The summed E-state index contributed by atoms with van der Waals surface area (Å²) in [6.07, 6.45) is 0. The van der Waals surface area contributed by atoms with Gasteiger partial charge in [0.05, 0.1) is 11.3 Å². The molecule has 0 heterocycles. The molecule has 0 atom stereocenters. The number of methoxy groups -OCH3 is 1. The van der Waals surface area contributed by atoms with E-state index in [1.54, 1.807) is 32.9 Å². The maximum atomic E-state index is 11.9. The summed E-state index contributed by atoms with van der Waals surface area (Å²) in [6.45, 7) is 5.01. The van der Waals surface area contributed by atoms with Crippen LogP contribution in [0.5, 0.6) is 0 Å². The highest BCUT2D eigenvalue weighted by molar-refractivity contribution is 6.03. The molecule has 98 valence electrons. The van der Waals surface area contributed by atoms with Crippen molar-refractivity contribution < 1.29 is 19.4 Å². The van der Waals surface area contributed by atoms with Crippen LogP contribution in [-0.4, -0.2) is 29.7 Å². The lowest BCUT2D eigenvalue weighted by Gasteiger charge is -2.22. The monoisotopic (exact) mass is 251 g/mol. The number of aryl methyl sites for hydroxylation is 1. The van der Waals surface area contributed by atoms with Crippen LogP contribution >= 0.6 is 0 Å². The molecule has 0 saturated carbocycles. The van der Waals surface area contributed by atoms with Crippen molar-refractivity contribution in [1.29, 1.82) is 0 Å². The average Bonchev–Trinajstić information content (AvgIpc) is 2.31. The predicted octanol–water partition coefficient (Wildman–Crippen LogP) is 2.06. The Kier molecular flexibility index (Phi) is 4.08. The van der Waals surface area contributed by atoms with Crippen molar-refractivity contribution in [3.63, 3.8) is 0 Å². The Hall–Kier alpha value is -1.88. The van der Waals surface area contributed by atoms with Crippen LogP contribution in [0, 0.1) is 6.92 Å². The molecular weight excluding hydrogens is 234 g/mol. The van der Waals surface area contributed by atoms with Crippen LogP contribution in [0.3, 0.4) is 0 Å². The molecule has 0 bridgehead atoms. The molecule has 0 aromatic heterocycles. The van der Waals surface area contributed by atoms with Gasteiger partial charge in [-0.2, -0.15) is 0 Å². The molecule has 0 saturated heterocycles. The second-order valence-electron chi connectivity index (χ2n) is 4.52. The standard InChI is InChI=1S/C13H17NO4/c1-8-5-6-10(9(7-8)11(15)16)14-12(17)13(2,3)18-4/h5-7H,1-4H3,(H,14,17)(H,15,16). The summed E-state index contributed by atoms with van der Waals surface area (Å²) in [5.74, 6) is -1.47. The molecule has 0 fully saturated rings. The van der Waals surface area contributed by atoms with Gasteiger partial charge in [0, 0.05) is 7.11 Å². The molecule has 0 radical (unpaired) electrons. The van der Waals surface area contributed by atoms with Gasteiger partial charge >= 0.3 is 5.97 Å². The molecule has 0 aliphatic rings. The minimum atomic E-state index is -1.08. The number of hydrogen-bond donors (Lipinski definition) is 2. The quantitative estimate of drug-likeness (QED) is 0.858. The molecule has 2 N–H and O–H groups in total. The van der Waals surface area contributed by atoms with Crippen LogP contribution in [0.1, 0.15) is 29.8 Å². The average molecular weight is 251 g/mol. The molecule has 0 unspecified atom stereocenters. The minimum Gasteiger partial charge on any atom is -0.478 e. The molecule has 0 spiro atoms. The van der Waals surface area contributed by atoms with Crippen molar-refractivity contribution >= 4 is 17.6 Å². The molecule has 5 heteroatoms. The number of amides is 1. The second-order valence-corrected chi connectivity index (χ2v) is 4.52. The summed E-state index contributed by atoms with van der Waals surface area (Å²) in [6, 6.07) is 4.82. The van der Waals surface area contributed by atoms with Crippen LogP contribution in [0.4, 0.5) is 5.69 Å². The number of aromatic carboxylic acids is 1. The van der Waals surface area contributed by atoms with Gasteiger partial charge in [-0.05, 0) is 32.9 Å². The number of rotatable bonds is 4. The number of hydrogen-bond acceptors (Lipinski definition) is 3. The number of ether oxygens (including phenoxy) is 1. The molecule has 1 aromatic rings. The smallest absolute Gasteiger partial charge is 0.337 e. The zero-order valence-corrected chi connectivity index (χ0v) is 10.9. The summed E-state index contributed by atoms with van der Waals surface area (Å²) >= 11 is 0. The number of benzene rings is 1. The Morgan fingerprint density at radius 1 is 1.33 bits per heavy atom. The van der Waals surface area contributed by atoms with Crippen LogP contribution in [0.15, 0.2) is 18.2 Å². The van der Waals surface area contributed by atoms with Gasteiger partial charge in [0.25, 0.3) is 5.91 Å². The predicted molar refractivity (Wildman–Crippen MR) is 67.9 cm³/mol. The van der Waals surface area contributed by atoms with Crippen LogP contribution in [0.2, 0.25) is 0 Å². The van der Waals surface area contributed by atoms with Crippen molar-refractivity contribution in [2.24, 2.45) is 0 Å². The summed E-state index contributed by atoms with van der Waals surface area (Å²) in [5, 5.41) is 11.6. The number of nitrogens with one attached hydrogen (secondary N) is 1. The molecule has 0 aliphatic carbocycles. The Labute approximate surface area is 106 Å². The Balaban J connectivity index is 3.05. The largest absolute Gasteiger partial charge is 0.478 e.